The van der Waals surface area contributed by atoms with Crippen LogP contribution in [0.25, 0.3) is 11.1 Å². The van der Waals surface area contributed by atoms with Crippen molar-refractivity contribution in [1.29, 1.82) is 0 Å². The van der Waals surface area contributed by atoms with Crippen molar-refractivity contribution in [2.45, 2.75) is 39.2 Å². The van der Waals surface area contributed by atoms with Crippen LogP contribution in [0, 0.1) is 19.7 Å². The van der Waals surface area contributed by atoms with Gasteiger partial charge < -0.3 is 19.3 Å². The highest BCUT2D eigenvalue weighted by atomic mass is 32.2. The number of ether oxygens (including phenoxy) is 3. The summed E-state index contributed by atoms with van der Waals surface area (Å²) in [6, 6.07) is 10.9. The van der Waals surface area contributed by atoms with Crippen molar-refractivity contribution in [3.05, 3.63) is 70.7 Å². The van der Waals surface area contributed by atoms with E-state index in [-0.39, 0.29) is 43.5 Å². The Balaban J connectivity index is 1.45. The van der Waals surface area contributed by atoms with E-state index in [1.165, 1.54) is 0 Å². The van der Waals surface area contributed by atoms with Gasteiger partial charge in [0.2, 0.25) is 5.88 Å². The minimum absolute atomic E-state index is 0.0151. The number of hydrogen-bond donors (Lipinski definition) is 1. The van der Waals surface area contributed by atoms with E-state index in [4.69, 9.17) is 19.3 Å². The van der Waals surface area contributed by atoms with Crippen molar-refractivity contribution in [3.8, 4) is 28.5 Å². The number of aromatic nitrogens is 1. The van der Waals surface area contributed by atoms with Crippen molar-refractivity contribution >= 4 is 15.8 Å². The van der Waals surface area contributed by atoms with Crippen LogP contribution in [0.1, 0.15) is 41.0 Å². The van der Waals surface area contributed by atoms with Crippen LogP contribution >= 0.6 is 0 Å². The van der Waals surface area contributed by atoms with Gasteiger partial charge in [-0.15, -0.1) is 0 Å². The van der Waals surface area contributed by atoms with Gasteiger partial charge in [0.1, 0.15) is 22.2 Å². The second kappa shape index (κ2) is 11.4. The zero-order valence-electron chi connectivity index (χ0n) is 21.5. The van der Waals surface area contributed by atoms with Crippen LogP contribution < -0.4 is 14.2 Å². The number of aryl methyl sites for hydroxylation is 1. The third-order valence-corrected chi connectivity index (χ3v) is 7.38. The molecule has 1 aliphatic rings. The fraction of sp³-hybridized carbons (Fsp3) is 0.357. The van der Waals surface area contributed by atoms with Crippen LogP contribution in [0.5, 0.6) is 17.4 Å². The average molecular weight is 544 g/mol. The summed E-state index contributed by atoms with van der Waals surface area (Å²) in [6.45, 7) is 4.20. The Morgan fingerprint density at radius 3 is 2.74 bits per heavy atom. The fourth-order valence-corrected chi connectivity index (χ4v) is 5.19. The summed E-state index contributed by atoms with van der Waals surface area (Å²) in [5, 5.41) is 9.05. The molecule has 1 aromatic heterocycles. The second-order valence-electron chi connectivity index (χ2n) is 9.49. The Bertz CT molecular complexity index is 1460. The van der Waals surface area contributed by atoms with Gasteiger partial charge >= 0.3 is 5.97 Å². The third kappa shape index (κ3) is 6.61. The lowest BCUT2D eigenvalue weighted by molar-refractivity contribution is -0.137. The van der Waals surface area contributed by atoms with E-state index in [1.807, 2.05) is 31.2 Å². The van der Waals surface area contributed by atoms with Crippen molar-refractivity contribution in [3.63, 3.8) is 0 Å². The van der Waals surface area contributed by atoms with Gasteiger partial charge in [-0.2, -0.15) is 0 Å². The first-order chi connectivity index (χ1) is 18.0. The molecule has 0 saturated carbocycles. The molecular weight excluding hydrogens is 513 g/mol. The molecule has 0 bridgehead atoms. The van der Waals surface area contributed by atoms with E-state index in [0.29, 0.717) is 23.8 Å². The average Bonchev–Trinajstić information content (AvgIpc) is 3.24. The number of carboxylic acid groups (broad SMARTS) is 1. The first-order valence-electron chi connectivity index (χ1n) is 12.2. The van der Waals surface area contributed by atoms with E-state index in [2.05, 4.69) is 4.98 Å². The molecule has 8 nitrogen and oxygen atoms in total. The normalized spacial score (nSPS) is 14.6. The van der Waals surface area contributed by atoms with Gasteiger partial charge in [0.15, 0.2) is 11.6 Å². The second-order valence-corrected chi connectivity index (χ2v) is 11.8. The van der Waals surface area contributed by atoms with E-state index in [0.717, 1.165) is 34.1 Å². The Hall–Kier alpha value is -3.66. The lowest BCUT2D eigenvalue weighted by Crippen LogP contribution is -2.09. The van der Waals surface area contributed by atoms with Gasteiger partial charge in [0.25, 0.3) is 0 Å². The van der Waals surface area contributed by atoms with E-state index in [9.17, 15) is 13.2 Å². The zero-order valence-corrected chi connectivity index (χ0v) is 22.3. The van der Waals surface area contributed by atoms with Gasteiger partial charge in [-0.05, 0) is 60.2 Å². The summed E-state index contributed by atoms with van der Waals surface area (Å²) in [5.41, 5.74) is 4.46. The van der Waals surface area contributed by atoms with Crippen molar-refractivity contribution in [2.75, 3.05) is 25.2 Å². The summed E-state index contributed by atoms with van der Waals surface area (Å²) >= 11 is 0. The highest BCUT2D eigenvalue weighted by Gasteiger charge is 2.27. The van der Waals surface area contributed by atoms with E-state index < -0.39 is 21.6 Å². The Kier molecular flexibility index (Phi) is 8.20. The fourth-order valence-electron chi connectivity index (χ4n) is 4.55. The number of carboxylic acids is 1. The van der Waals surface area contributed by atoms with Gasteiger partial charge in [-0.25, -0.2) is 17.8 Å². The molecule has 10 heteroatoms. The molecule has 0 aliphatic carbocycles. The number of sulfone groups is 1. The lowest BCUT2D eigenvalue weighted by Gasteiger charge is -2.16. The van der Waals surface area contributed by atoms with Crippen molar-refractivity contribution in [2.24, 2.45) is 0 Å². The van der Waals surface area contributed by atoms with E-state index >= 15 is 4.39 Å². The molecule has 2 aromatic carbocycles. The van der Waals surface area contributed by atoms with Crippen molar-refractivity contribution < 1.29 is 36.9 Å². The predicted octanol–water partition coefficient (Wildman–Crippen LogP) is 4.85. The topological polar surface area (TPSA) is 112 Å². The summed E-state index contributed by atoms with van der Waals surface area (Å²) < 4.78 is 54.8. The number of aliphatic carboxylic acids is 1. The number of nitrogens with zero attached hydrogens (tertiary/aromatic N) is 1. The molecule has 0 radical (unpaired) electrons. The summed E-state index contributed by atoms with van der Waals surface area (Å²) in [7, 11) is -3.10. The molecule has 1 N–H and O–H groups in total. The predicted molar refractivity (Wildman–Crippen MR) is 140 cm³/mol. The molecule has 4 rings (SSSR count). The lowest BCUT2D eigenvalue weighted by atomic mass is 9.94. The molecule has 38 heavy (non-hydrogen) atoms. The van der Waals surface area contributed by atoms with Crippen LogP contribution in [0.4, 0.5) is 4.39 Å². The molecule has 3 aromatic rings. The summed E-state index contributed by atoms with van der Waals surface area (Å²) in [4.78, 5) is 15.3. The van der Waals surface area contributed by atoms with Crippen LogP contribution in [0.2, 0.25) is 0 Å². The molecule has 202 valence electrons. The van der Waals surface area contributed by atoms with Gasteiger partial charge in [-0.3, -0.25) is 4.79 Å². The van der Waals surface area contributed by atoms with Crippen LogP contribution in [-0.4, -0.2) is 49.7 Å². The standard InChI is InChI=1S/C28H30FNO7S/c1-17-10-24(35-8-5-9-38(3,33)34)28(29)18(2)27(17)20-7-4-6-19(11-20)15-37-25-13-23-22(14-30-25)21(16-36-23)12-26(31)32/h4,6-7,10-11,13-14,21H,5,8-9,12,15-16H2,1-3H3,(H,31,32)/t21-/m1/s1. The van der Waals surface area contributed by atoms with Crippen molar-refractivity contribution in [1.82, 2.24) is 4.98 Å². The quantitative estimate of drug-likeness (QED) is 0.342. The number of carbonyl (C=O) groups is 1. The number of halogens is 1. The molecule has 1 aliphatic heterocycles. The molecule has 0 fully saturated rings. The smallest absolute Gasteiger partial charge is 0.304 e. The largest absolute Gasteiger partial charge is 0.492 e. The Morgan fingerprint density at radius 1 is 1.21 bits per heavy atom. The Labute approximate surface area is 221 Å². The van der Waals surface area contributed by atoms with Gasteiger partial charge in [0.05, 0.1) is 25.4 Å². The maximum Gasteiger partial charge on any atom is 0.304 e. The van der Waals surface area contributed by atoms with E-state index in [1.54, 1.807) is 25.3 Å². The highest BCUT2D eigenvalue weighted by molar-refractivity contribution is 7.90. The number of fused-ring (bicyclic) bond motifs is 1. The minimum Gasteiger partial charge on any atom is -0.492 e. The Morgan fingerprint density at radius 2 is 2.00 bits per heavy atom. The van der Waals surface area contributed by atoms with Crippen LogP contribution in [0.3, 0.4) is 0 Å². The first kappa shape index (κ1) is 27.4. The van der Waals surface area contributed by atoms with Gasteiger partial charge in [0, 0.05) is 30.0 Å². The third-order valence-electron chi connectivity index (χ3n) is 6.35. The molecule has 0 amide bonds. The maximum absolute atomic E-state index is 15.1. The number of pyridine rings is 1. The van der Waals surface area contributed by atoms with Gasteiger partial charge in [-0.1, -0.05) is 18.2 Å². The first-order valence-corrected chi connectivity index (χ1v) is 14.2. The molecule has 0 saturated heterocycles. The number of benzene rings is 2. The summed E-state index contributed by atoms with van der Waals surface area (Å²) in [5.74, 6) is -0.557. The zero-order chi connectivity index (χ0) is 27.4. The molecule has 1 atom stereocenters. The van der Waals surface area contributed by atoms with Crippen LogP contribution in [0.15, 0.2) is 42.6 Å². The molecule has 2 heterocycles. The summed E-state index contributed by atoms with van der Waals surface area (Å²) in [6.07, 6.45) is 3.03. The van der Waals surface area contributed by atoms with Crippen LogP contribution in [-0.2, 0) is 21.2 Å². The molecule has 0 unspecified atom stereocenters. The maximum atomic E-state index is 15.1. The highest BCUT2D eigenvalue weighted by Crippen LogP contribution is 2.38. The SMILES string of the molecule is Cc1cc(OCCCS(C)(=O)=O)c(F)c(C)c1-c1cccc(COc2cc3c(cn2)[C@H](CC(=O)O)CO3)c1. The molecule has 0 spiro atoms. The minimum atomic E-state index is -3.10. The number of rotatable bonds is 11. The molecular formula is C28H30FNO7S. The number of hydrogen-bond acceptors (Lipinski definition) is 7. The monoisotopic (exact) mass is 543 g/mol.